The number of halogens is 2. The van der Waals surface area contributed by atoms with Crippen molar-refractivity contribution in [3.8, 4) is 0 Å². The maximum Gasteiger partial charge on any atom is 0.223 e. The summed E-state index contributed by atoms with van der Waals surface area (Å²) in [6.45, 7) is 4.96. The summed E-state index contributed by atoms with van der Waals surface area (Å²) in [5.41, 5.74) is 1.55. The molecule has 30 heavy (non-hydrogen) atoms. The largest absolute Gasteiger partial charge is 0.357 e. The molecular formula is C22H29FIN5O. The van der Waals surface area contributed by atoms with Crippen LogP contribution in [0.25, 0.3) is 0 Å². The van der Waals surface area contributed by atoms with E-state index >= 15 is 0 Å². The highest BCUT2D eigenvalue weighted by molar-refractivity contribution is 14.0. The number of hydrogen-bond acceptors (Lipinski definition) is 3. The van der Waals surface area contributed by atoms with Gasteiger partial charge in [0.15, 0.2) is 5.96 Å². The number of carbonyl (C=O) groups is 1. The van der Waals surface area contributed by atoms with Gasteiger partial charge in [0.2, 0.25) is 5.91 Å². The Labute approximate surface area is 194 Å². The van der Waals surface area contributed by atoms with Crippen molar-refractivity contribution in [2.45, 2.75) is 26.3 Å². The lowest BCUT2D eigenvalue weighted by molar-refractivity contribution is -0.127. The molecule has 1 fully saturated rings. The lowest BCUT2D eigenvalue weighted by Gasteiger charge is -2.18. The monoisotopic (exact) mass is 525 g/mol. The van der Waals surface area contributed by atoms with Crippen LogP contribution in [0.5, 0.6) is 0 Å². The van der Waals surface area contributed by atoms with E-state index in [4.69, 9.17) is 0 Å². The predicted molar refractivity (Wildman–Crippen MR) is 127 cm³/mol. The van der Waals surface area contributed by atoms with E-state index in [0.29, 0.717) is 31.2 Å². The molecule has 8 heteroatoms. The van der Waals surface area contributed by atoms with Crippen molar-refractivity contribution < 1.29 is 9.18 Å². The zero-order chi connectivity index (χ0) is 20.5. The van der Waals surface area contributed by atoms with Crippen LogP contribution in [0.1, 0.15) is 24.6 Å². The molecule has 1 atom stereocenters. The second-order valence-corrected chi connectivity index (χ2v) is 7.15. The van der Waals surface area contributed by atoms with Crippen molar-refractivity contribution in [2.75, 3.05) is 26.2 Å². The zero-order valence-corrected chi connectivity index (χ0v) is 19.5. The van der Waals surface area contributed by atoms with E-state index in [0.717, 1.165) is 19.5 Å². The van der Waals surface area contributed by atoms with E-state index < -0.39 is 0 Å². The molecule has 0 saturated carbocycles. The van der Waals surface area contributed by atoms with Crippen LogP contribution >= 0.6 is 24.0 Å². The lowest BCUT2D eigenvalue weighted by Crippen LogP contribution is -2.40. The molecule has 1 amide bonds. The van der Waals surface area contributed by atoms with Crippen LogP contribution < -0.4 is 10.6 Å². The molecule has 0 radical (unpaired) electrons. The van der Waals surface area contributed by atoms with Crippen molar-refractivity contribution in [3.05, 3.63) is 65.7 Å². The van der Waals surface area contributed by atoms with Crippen LogP contribution in [-0.2, 0) is 17.8 Å². The minimum atomic E-state index is -0.359. The Bertz CT molecular complexity index is 833. The van der Waals surface area contributed by atoms with Gasteiger partial charge in [0.1, 0.15) is 5.82 Å². The van der Waals surface area contributed by atoms with Crippen molar-refractivity contribution >= 4 is 35.8 Å². The molecule has 6 nitrogen and oxygen atoms in total. The third-order valence-electron chi connectivity index (χ3n) is 4.93. The Kier molecular flexibility index (Phi) is 9.99. The molecule has 1 aromatic carbocycles. The number of amides is 1. The van der Waals surface area contributed by atoms with Gasteiger partial charge in [-0.2, -0.15) is 0 Å². The summed E-state index contributed by atoms with van der Waals surface area (Å²) < 4.78 is 13.7. The number of pyridine rings is 1. The van der Waals surface area contributed by atoms with Crippen LogP contribution in [-0.4, -0.2) is 47.9 Å². The van der Waals surface area contributed by atoms with Crippen molar-refractivity contribution in [3.63, 3.8) is 0 Å². The third-order valence-corrected chi connectivity index (χ3v) is 4.93. The number of rotatable bonds is 8. The Hall–Kier alpha value is -2.23. The van der Waals surface area contributed by atoms with Crippen molar-refractivity contribution in [1.29, 1.82) is 0 Å². The summed E-state index contributed by atoms with van der Waals surface area (Å²) in [5.74, 6) is 0.675. The molecule has 1 unspecified atom stereocenters. The fraction of sp³-hybridized carbons (Fsp3) is 0.409. The SMILES string of the molecule is CCNC(=NCc1ncccc1F)NCC1CC(=O)N(CCc2ccccc2)C1.I. The molecule has 0 aliphatic carbocycles. The Morgan fingerprint density at radius 2 is 2.03 bits per heavy atom. The number of benzene rings is 1. The number of nitrogens with one attached hydrogen (secondary N) is 2. The number of carbonyl (C=O) groups excluding carboxylic acids is 1. The second-order valence-electron chi connectivity index (χ2n) is 7.15. The predicted octanol–water partition coefficient (Wildman–Crippen LogP) is 2.99. The highest BCUT2D eigenvalue weighted by Gasteiger charge is 2.29. The van der Waals surface area contributed by atoms with Gasteiger partial charge in [0.05, 0.1) is 12.2 Å². The van der Waals surface area contributed by atoms with E-state index in [1.54, 1.807) is 12.3 Å². The molecule has 2 N–H and O–H groups in total. The van der Waals surface area contributed by atoms with Gasteiger partial charge in [0, 0.05) is 44.7 Å². The number of likely N-dealkylation sites (tertiary alicyclic amines) is 1. The topological polar surface area (TPSA) is 69.6 Å². The average Bonchev–Trinajstić information content (AvgIpc) is 3.10. The minimum Gasteiger partial charge on any atom is -0.357 e. The van der Waals surface area contributed by atoms with E-state index in [1.807, 2.05) is 30.0 Å². The Morgan fingerprint density at radius 3 is 2.77 bits per heavy atom. The van der Waals surface area contributed by atoms with E-state index in [2.05, 4.69) is 32.7 Å². The summed E-state index contributed by atoms with van der Waals surface area (Å²) in [7, 11) is 0. The fourth-order valence-electron chi connectivity index (χ4n) is 3.39. The summed E-state index contributed by atoms with van der Waals surface area (Å²) >= 11 is 0. The lowest BCUT2D eigenvalue weighted by atomic mass is 10.1. The van der Waals surface area contributed by atoms with Gasteiger partial charge in [-0.05, 0) is 31.0 Å². The molecule has 1 aromatic heterocycles. The smallest absolute Gasteiger partial charge is 0.223 e. The molecule has 1 saturated heterocycles. The number of guanidine groups is 1. The summed E-state index contributed by atoms with van der Waals surface area (Å²) in [6, 6.07) is 13.2. The van der Waals surface area contributed by atoms with Crippen LogP contribution in [0.4, 0.5) is 4.39 Å². The van der Waals surface area contributed by atoms with Crippen molar-refractivity contribution in [2.24, 2.45) is 10.9 Å². The van der Waals surface area contributed by atoms with Crippen LogP contribution in [0.15, 0.2) is 53.7 Å². The molecule has 1 aliphatic rings. The van der Waals surface area contributed by atoms with E-state index in [1.165, 1.54) is 11.6 Å². The minimum absolute atomic E-state index is 0. The molecule has 3 rings (SSSR count). The molecule has 162 valence electrons. The van der Waals surface area contributed by atoms with Gasteiger partial charge in [-0.15, -0.1) is 24.0 Å². The summed E-state index contributed by atoms with van der Waals surface area (Å²) in [6.07, 6.45) is 2.96. The van der Waals surface area contributed by atoms with Crippen LogP contribution in [0, 0.1) is 11.7 Å². The maximum atomic E-state index is 13.7. The second kappa shape index (κ2) is 12.5. The summed E-state index contributed by atoms with van der Waals surface area (Å²) in [5, 5.41) is 6.43. The first kappa shape index (κ1) is 24.0. The first-order chi connectivity index (χ1) is 14.2. The third kappa shape index (κ3) is 7.23. The standard InChI is InChI=1S/C22H28FN5O.HI/c1-2-24-22(27-15-20-19(23)9-6-11-25-20)26-14-18-13-21(29)28(16-18)12-10-17-7-4-3-5-8-17;/h3-9,11,18H,2,10,12-16H2,1H3,(H2,24,26,27);1H. The van der Waals surface area contributed by atoms with E-state index in [-0.39, 0.29) is 48.2 Å². The quantitative estimate of drug-likeness (QED) is 0.316. The number of aliphatic imine (C=N–C) groups is 1. The van der Waals surface area contributed by atoms with Crippen LogP contribution in [0.2, 0.25) is 0 Å². The van der Waals surface area contributed by atoms with Gasteiger partial charge in [-0.1, -0.05) is 30.3 Å². The Balaban J connectivity index is 0.00000320. The van der Waals surface area contributed by atoms with Crippen LogP contribution in [0.3, 0.4) is 0 Å². The molecule has 0 spiro atoms. The first-order valence-corrected chi connectivity index (χ1v) is 10.1. The highest BCUT2D eigenvalue weighted by Crippen LogP contribution is 2.17. The fourth-order valence-corrected chi connectivity index (χ4v) is 3.39. The maximum absolute atomic E-state index is 13.7. The molecular weight excluding hydrogens is 496 g/mol. The first-order valence-electron chi connectivity index (χ1n) is 10.1. The number of hydrogen-bond donors (Lipinski definition) is 2. The summed E-state index contributed by atoms with van der Waals surface area (Å²) in [4.78, 5) is 22.7. The highest BCUT2D eigenvalue weighted by atomic mass is 127. The normalized spacial score (nSPS) is 16.3. The number of nitrogens with zero attached hydrogens (tertiary/aromatic N) is 3. The molecule has 0 bridgehead atoms. The zero-order valence-electron chi connectivity index (χ0n) is 17.2. The van der Waals surface area contributed by atoms with Gasteiger partial charge in [-0.25, -0.2) is 9.38 Å². The molecule has 2 heterocycles. The van der Waals surface area contributed by atoms with Gasteiger partial charge in [0.25, 0.3) is 0 Å². The van der Waals surface area contributed by atoms with Gasteiger partial charge >= 0.3 is 0 Å². The Morgan fingerprint density at radius 1 is 1.23 bits per heavy atom. The molecule has 1 aliphatic heterocycles. The van der Waals surface area contributed by atoms with E-state index in [9.17, 15) is 9.18 Å². The van der Waals surface area contributed by atoms with Gasteiger partial charge in [-0.3, -0.25) is 9.78 Å². The van der Waals surface area contributed by atoms with Crippen molar-refractivity contribution in [1.82, 2.24) is 20.5 Å². The molecule has 2 aromatic rings. The number of aromatic nitrogens is 1. The van der Waals surface area contributed by atoms with Gasteiger partial charge < -0.3 is 15.5 Å². The average molecular weight is 525 g/mol.